The van der Waals surface area contributed by atoms with E-state index < -0.39 is 0 Å². The summed E-state index contributed by atoms with van der Waals surface area (Å²) in [5.74, 6) is -0.252. The first-order valence-electron chi connectivity index (χ1n) is 11.9. The van der Waals surface area contributed by atoms with Gasteiger partial charge >= 0.3 is 0 Å². The molecule has 4 aromatic rings. The lowest BCUT2D eigenvalue weighted by Crippen LogP contribution is -2.29. The molecule has 1 aliphatic heterocycles. The van der Waals surface area contributed by atoms with Crippen LogP contribution in [0.5, 0.6) is 0 Å². The maximum Gasteiger partial charge on any atom is 0.226 e. The molecule has 37 heavy (non-hydrogen) atoms. The maximum absolute atomic E-state index is 12.2. The average molecular weight is 535 g/mol. The molecule has 9 nitrogen and oxygen atoms in total. The number of amides is 1. The number of carbonyl (C=O) groups excluding carboxylic acids is 1. The highest BCUT2D eigenvalue weighted by molar-refractivity contribution is 7.80. The number of aromatic nitrogens is 5. The van der Waals surface area contributed by atoms with Crippen LogP contribution in [0.1, 0.15) is 48.6 Å². The molecule has 1 saturated heterocycles. The van der Waals surface area contributed by atoms with E-state index in [9.17, 15) is 4.79 Å². The third kappa shape index (κ3) is 4.58. The molecule has 4 heterocycles. The Morgan fingerprint density at radius 1 is 1.14 bits per heavy atom. The minimum absolute atomic E-state index is 0.0949. The molecule has 1 aromatic carbocycles. The Morgan fingerprint density at radius 2 is 1.89 bits per heavy atom. The molecule has 2 N–H and O–H groups in total. The van der Waals surface area contributed by atoms with Crippen molar-refractivity contribution >= 4 is 46.2 Å². The molecule has 0 radical (unpaired) electrons. The summed E-state index contributed by atoms with van der Waals surface area (Å²) in [7, 11) is 0. The van der Waals surface area contributed by atoms with Gasteiger partial charge in [0, 0.05) is 34.8 Å². The van der Waals surface area contributed by atoms with Gasteiger partial charge in [-0.1, -0.05) is 31.5 Å². The summed E-state index contributed by atoms with van der Waals surface area (Å²) in [6.45, 7) is 7.78. The van der Waals surface area contributed by atoms with Gasteiger partial charge in [0.15, 0.2) is 5.11 Å². The van der Waals surface area contributed by atoms with Crippen LogP contribution >= 0.6 is 23.8 Å². The minimum atomic E-state index is -0.217. The van der Waals surface area contributed by atoms with Gasteiger partial charge in [0.2, 0.25) is 5.91 Å². The third-order valence-corrected chi connectivity index (χ3v) is 7.13. The Balaban J connectivity index is 1.61. The fourth-order valence-electron chi connectivity index (χ4n) is 4.71. The van der Waals surface area contributed by atoms with Crippen molar-refractivity contribution in [1.29, 1.82) is 0 Å². The minimum Gasteiger partial charge on any atom is -0.351 e. The number of thiocarbonyl (C=S) groups is 1. The Labute approximate surface area is 225 Å². The van der Waals surface area contributed by atoms with Crippen LogP contribution in [0.3, 0.4) is 0 Å². The van der Waals surface area contributed by atoms with Crippen molar-refractivity contribution in [2.24, 2.45) is 5.92 Å². The maximum atomic E-state index is 12.2. The highest BCUT2D eigenvalue weighted by Gasteiger charge is 2.42. The summed E-state index contributed by atoms with van der Waals surface area (Å²) in [5, 5.41) is 15.3. The fourth-order valence-corrected chi connectivity index (χ4v) is 5.28. The normalized spacial score (nSPS) is 17.4. The number of rotatable bonds is 6. The number of halogens is 1. The number of aryl methyl sites for hydroxylation is 1. The van der Waals surface area contributed by atoms with Crippen LogP contribution in [-0.4, -0.2) is 35.6 Å². The van der Waals surface area contributed by atoms with Gasteiger partial charge < -0.3 is 15.5 Å². The van der Waals surface area contributed by atoms with E-state index in [1.807, 2.05) is 61.8 Å². The molecule has 2 atom stereocenters. The lowest BCUT2D eigenvalue weighted by molar-refractivity contribution is -0.118. The molecule has 0 spiro atoms. The Hall–Kier alpha value is -3.76. The van der Waals surface area contributed by atoms with Crippen LogP contribution in [-0.2, 0) is 4.79 Å². The topological polar surface area (TPSA) is 92.9 Å². The summed E-state index contributed by atoms with van der Waals surface area (Å²) in [5.41, 5.74) is 5.36. The molecular weight excluding hydrogens is 508 g/mol. The third-order valence-electron chi connectivity index (χ3n) is 6.50. The number of hydrogen-bond acceptors (Lipinski definition) is 5. The lowest BCUT2D eigenvalue weighted by atomic mass is 9.96. The zero-order valence-corrected chi connectivity index (χ0v) is 22.5. The van der Waals surface area contributed by atoms with Gasteiger partial charge in [-0.25, -0.2) is 4.68 Å². The lowest BCUT2D eigenvalue weighted by Gasteiger charge is -2.28. The second-order valence-electron chi connectivity index (χ2n) is 9.28. The highest BCUT2D eigenvalue weighted by atomic mass is 35.5. The summed E-state index contributed by atoms with van der Waals surface area (Å²) >= 11 is 12.5. The molecule has 1 fully saturated rings. The monoisotopic (exact) mass is 534 g/mol. The Bertz CT molecular complexity index is 1450. The second-order valence-corrected chi connectivity index (χ2v) is 10.1. The molecular formula is C26H27ClN8OS. The van der Waals surface area contributed by atoms with Crippen molar-refractivity contribution in [2.75, 3.05) is 10.2 Å². The van der Waals surface area contributed by atoms with Gasteiger partial charge in [0.25, 0.3) is 0 Å². The SMILES string of the molecule is Cc1cc(C2C(c3ccccn3)NC(=S)N2c2ccc(NC(=O)C(C)C)c(Cl)c2)c(C)n1-n1cnnc1. The molecule has 0 aliphatic carbocycles. The number of nitrogens with one attached hydrogen (secondary N) is 2. The zero-order valence-electron chi connectivity index (χ0n) is 20.9. The van der Waals surface area contributed by atoms with E-state index >= 15 is 0 Å². The van der Waals surface area contributed by atoms with Gasteiger partial charge in [-0.05, 0) is 62.5 Å². The molecule has 3 aromatic heterocycles. The first kappa shape index (κ1) is 24.9. The number of pyridine rings is 1. The van der Waals surface area contributed by atoms with E-state index in [4.69, 9.17) is 23.8 Å². The van der Waals surface area contributed by atoms with Crippen molar-refractivity contribution < 1.29 is 4.79 Å². The molecule has 2 unspecified atom stereocenters. The number of nitrogens with zero attached hydrogens (tertiary/aromatic N) is 6. The quantitative estimate of drug-likeness (QED) is 0.342. The van der Waals surface area contributed by atoms with E-state index in [0.717, 1.165) is 28.3 Å². The van der Waals surface area contributed by atoms with Crippen LogP contribution in [0.4, 0.5) is 11.4 Å². The van der Waals surface area contributed by atoms with Gasteiger partial charge in [-0.3, -0.25) is 14.5 Å². The largest absolute Gasteiger partial charge is 0.351 e. The molecule has 0 saturated carbocycles. The van der Waals surface area contributed by atoms with Crippen LogP contribution in [0.2, 0.25) is 5.02 Å². The molecule has 5 rings (SSSR count). The summed E-state index contributed by atoms with van der Waals surface area (Å²) in [6, 6.07) is 13.1. The van der Waals surface area contributed by atoms with E-state index in [0.29, 0.717) is 15.8 Å². The van der Waals surface area contributed by atoms with E-state index in [1.165, 1.54) is 0 Å². The summed E-state index contributed by atoms with van der Waals surface area (Å²) < 4.78 is 3.90. The van der Waals surface area contributed by atoms with Crippen molar-refractivity contribution in [3.8, 4) is 0 Å². The molecule has 11 heteroatoms. The number of benzene rings is 1. The van der Waals surface area contributed by atoms with E-state index in [-0.39, 0.29) is 23.9 Å². The molecule has 1 aliphatic rings. The van der Waals surface area contributed by atoms with Crippen LogP contribution < -0.4 is 15.5 Å². The summed E-state index contributed by atoms with van der Waals surface area (Å²) in [6.07, 6.45) is 5.11. The second kappa shape index (κ2) is 9.95. The summed E-state index contributed by atoms with van der Waals surface area (Å²) in [4.78, 5) is 18.9. The van der Waals surface area contributed by atoms with Crippen LogP contribution in [0.15, 0.2) is 61.3 Å². The van der Waals surface area contributed by atoms with Gasteiger partial charge in [-0.2, -0.15) is 0 Å². The van der Waals surface area contributed by atoms with E-state index in [2.05, 4.69) is 48.4 Å². The highest BCUT2D eigenvalue weighted by Crippen LogP contribution is 2.44. The number of anilines is 2. The predicted octanol–water partition coefficient (Wildman–Crippen LogP) is 4.83. The Kier molecular flexibility index (Phi) is 6.70. The van der Waals surface area contributed by atoms with Crippen LogP contribution in [0.25, 0.3) is 0 Å². The molecule has 190 valence electrons. The average Bonchev–Trinajstić information content (AvgIpc) is 3.58. The number of carbonyl (C=O) groups is 1. The molecule has 0 bridgehead atoms. The van der Waals surface area contributed by atoms with Gasteiger partial charge in [0.05, 0.1) is 28.5 Å². The van der Waals surface area contributed by atoms with Crippen molar-refractivity contribution in [3.05, 3.63) is 89.0 Å². The van der Waals surface area contributed by atoms with Crippen molar-refractivity contribution in [3.63, 3.8) is 0 Å². The number of hydrogen-bond donors (Lipinski definition) is 2. The zero-order chi connectivity index (χ0) is 26.3. The van der Waals surface area contributed by atoms with E-state index in [1.54, 1.807) is 18.9 Å². The van der Waals surface area contributed by atoms with Crippen molar-refractivity contribution in [1.82, 2.24) is 29.9 Å². The van der Waals surface area contributed by atoms with Crippen LogP contribution in [0, 0.1) is 19.8 Å². The standard InChI is InChI=1S/C26H27ClN8OS/c1-15(2)25(36)31-21-9-8-18(12-20(21)27)34-24(23(32-26(34)37)22-7-5-6-10-28-22)19-11-16(3)35(17(19)4)33-13-29-30-14-33/h5-15,23-24H,1-4H3,(H,31,36)(H,32,37). The predicted molar refractivity (Wildman–Crippen MR) is 148 cm³/mol. The first-order valence-corrected chi connectivity index (χ1v) is 12.7. The van der Waals surface area contributed by atoms with Gasteiger partial charge in [-0.15, -0.1) is 10.2 Å². The first-order chi connectivity index (χ1) is 17.8. The van der Waals surface area contributed by atoms with Gasteiger partial charge in [0.1, 0.15) is 12.7 Å². The Morgan fingerprint density at radius 3 is 2.54 bits per heavy atom. The van der Waals surface area contributed by atoms with Crippen molar-refractivity contribution in [2.45, 2.75) is 39.8 Å². The smallest absolute Gasteiger partial charge is 0.226 e. The fraction of sp³-hybridized carbons (Fsp3) is 0.269. The molecule has 1 amide bonds.